The molecule has 0 atom stereocenters. The molecule has 0 N–H and O–H groups in total. The van der Waals surface area contributed by atoms with Crippen LogP contribution in [0.1, 0.15) is 26.3 Å². The van der Waals surface area contributed by atoms with Gasteiger partial charge in [-0.3, -0.25) is 4.98 Å². The summed E-state index contributed by atoms with van der Waals surface area (Å²) < 4.78 is 10.3. The van der Waals surface area contributed by atoms with Crippen molar-refractivity contribution >= 4 is 61.5 Å². The summed E-state index contributed by atoms with van der Waals surface area (Å²) in [5.74, 6) is 7.87. The zero-order valence-electron chi connectivity index (χ0n) is 37.4. The van der Waals surface area contributed by atoms with Gasteiger partial charge in [-0.1, -0.05) is 135 Å². The maximum atomic E-state index is 6.60. The average molecular weight is 1080 g/mol. The molecule has 0 saturated carbocycles. The van der Waals surface area contributed by atoms with E-state index in [2.05, 4.69) is 175 Å². The Kier molecular flexibility index (Phi) is 12.0. The maximum absolute atomic E-state index is 6.60. The van der Waals surface area contributed by atoms with Crippen LogP contribution >= 0.6 is 0 Å². The monoisotopic (exact) mass is 1080 g/mol. The predicted molar refractivity (Wildman–Crippen MR) is 269 cm³/mol. The number of furan rings is 1. The number of hydrogen-bond donors (Lipinski definition) is 0. The summed E-state index contributed by atoms with van der Waals surface area (Å²) >= 11 is -1.72. The molecule has 0 aliphatic carbocycles. The third kappa shape index (κ3) is 8.50. The molecular weight excluding hydrogens is 1030 g/mol. The van der Waals surface area contributed by atoms with Gasteiger partial charge < -0.3 is 8.98 Å². The van der Waals surface area contributed by atoms with Gasteiger partial charge in [-0.15, -0.1) is 18.2 Å². The van der Waals surface area contributed by atoms with Gasteiger partial charge in [0, 0.05) is 53.6 Å². The van der Waals surface area contributed by atoms with E-state index in [1.54, 1.807) is 0 Å². The number of rotatable bonds is 6. The van der Waals surface area contributed by atoms with Gasteiger partial charge >= 0.3 is 99.8 Å². The second-order valence-corrected chi connectivity index (χ2v) is 29.0. The van der Waals surface area contributed by atoms with E-state index >= 15 is 0 Å². The summed E-state index contributed by atoms with van der Waals surface area (Å²) in [6.07, 6.45) is 4.00. The normalized spacial score (nSPS) is 11.7. The van der Waals surface area contributed by atoms with Crippen LogP contribution in [0.2, 0.25) is 17.3 Å². The van der Waals surface area contributed by atoms with Crippen LogP contribution in [0.4, 0.5) is 0 Å². The molecule has 0 bridgehead atoms. The van der Waals surface area contributed by atoms with Crippen molar-refractivity contribution in [2.45, 2.75) is 43.5 Å². The first-order chi connectivity index (χ1) is 31.0. The minimum atomic E-state index is -1.72. The number of para-hydroxylation sites is 1. The van der Waals surface area contributed by atoms with Gasteiger partial charge in [-0.2, -0.15) is 0 Å². The van der Waals surface area contributed by atoms with E-state index in [0.29, 0.717) is 0 Å². The summed E-state index contributed by atoms with van der Waals surface area (Å²) in [5.41, 5.74) is 12.7. The number of hydrogen-bond acceptors (Lipinski definition) is 4. The van der Waals surface area contributed by atoms with Gasteiger partial charge in [0.25, 0.3) is 0 Å². The van der Waals surface area contributed by atoms with E-state index in [1.165, 1.54) is 9.96 Å². The molecule has 1 radical (unpaired) electrons. The Morgan fingerprint density at radius 2 is 1.25 bits per heavy atom. The van der Waals surface area contributed by atoms with Gasteiger partial charge in [0.15, 0.2) is 5.65 Å². The van der Waals surface area contributed by atoms with Crippen LogP contribution in [0.5, 0.6) is 0 Å². The van der Waals surface area contributed by atoms with Crippen molar-refractivity contribution in [1.82, 2.24) is 19.5 Å². The summed E-state index contributed by atoms with van der Waals surface area (Å²) in [4.78, 5) is 15.1. The molecule has 4 heterocycles. The van der Waals surface area contributed by atoms with E-state index < -0.39 is 13.3 Å². The topological polar surface area (TPSA) is 56.7 Å². The summed E-state index contributed by atoms with van der Waals surface area (Å²) in [7, 11) is 0. The SMILES string of the molecule is CC(C)(C)c1cc(-c2ccccc2)c(-n2c(-c3[c-]ccc4c3oc3ccccc34)nc3c4ccccc4cnc32)c(-c2ccccc2)c1.[CH3][Ge]([CH3])([CH3])[c]1ccc(-c2[c-]cccc2)nc1.[Ir]. The smallest absolute Gasteiger partial charge is 0 e. The molecule has 0 amide bonds. The molecular formula is C58H48GeIrN4O-2. The standard InChI is InChI=1S/C44H32N3O.C14H16GeN.Ir/c1-44(2,3)31-25-36(28-15-6-4-7-16-28)40(37(26-31)29-17-8-5-9-18-29)47-42(46-39-32-20-11-10-19-30(32)27-45-43(39)47)35-23-14-22-34-33-21-12-13-24-38(33)48-41(34)35;1-15(2,3)13-9-10-14(16-11-13)12-7-5-4-6-8-12;/h4-22,24-27H,1-3H3;4-7,9-11H,1-3H3;/q2*-1;. The minimum absolute atomic E-state index is 0. The summed E-state index contributed by atoms with van der Waals surface area (Å²) in [6.45, 7) is 6.82. The predicted octanol–water partition coefficient (Wildman–Crippen LogP) is 14.7. The average Bonchev–Trinajstić information content (AvgIpc) is 3.91. The van der Waals surface area contributed by atoms with Gasteiger partial charge in [-0.05, 0) is 40.3 Å². The number of nitrogens with zero attached hydrogens (tertiary/aromatic N) is 4. The van der Waals surface area contributed by atoms with E-state index in [-0.39, 0.29) is 25.5 Å². The maximum Gasteiger partial charge on any atom is 0 e. The molecule has 0 saturated heterocycles. The van der Waals surface area contributed by atoms with Crippen molar-refractivity contribution in [2.75, 3.05) is 0 Å². The van der Waals surface area contributed by atoms with E-state index in [4.69, 9.17) is 14.4 Å². The quantitative estimate of drug-likeness (QED) is 0.123. The summed E-state index contributed by atoms with van der Waals surface area (Å²) in [6, 6.07) is 65.6. The molecule has 0 unspecified atom stereocenters. The molecule has 0 fully saturated rings. The van der Waals surface area contributed by atoms with Crippen LogP contribution in [0.25, 0.3) is 94.5 Å². The second kappa shape index (κ2) is 17.9. The fraction of sp³-hybridized carbons (Fsp3) is 0.121. The first-order valence-corrected chi connectivity index (χ1v) is 29.2. The van der Waals surface area contributed by atoms with E-state index in [0.717, 1.165) is 94.5 Å². The van der Waals surface area contributed by atoms with Crippen LogP contribution < -0.4 is 4.40 Å². The van der Waals surface area contributed by atoms with Crippen molar-refractivity contribution in [1.29, 1.82) is 0 Å². The van der Waals surface area contributed by atoms with Crippen LogP contribution in [-0.4, -0.2) is 32.8 Å². The van der Waals surface area contributed by atoms with Crippen LogP contribution in [0, 0.1) is 12.1 Å². The molecule has 65 heavy (non-hydrogen) atoms. The van der Waals surface area contributed by atoms with Gasteiger partial charge in [0.05, 0.1) is 17.1 Å². The number of benzene rings is 7. The number of imidazole rings is 1. The molecule has 11 rings (SSSR count). The van der Waals surface area contributed by atoms with Gasteiger partial charge in [0.1, 0.15) is 11.1 Å². The Hall–Kier alpha value is -6.44. The second-order valence-electron chi connectivity index (χ2n) is 18.3. The van der Waals surface area contributed by atoms with Crippen molar-refractivity contribution in [3.05, 3.63) is 200 Å². The third-order valence-corrected chi connectivity index (χ3v) is 16.2. The van der Waals surface area contributed by atoms with Crippen LogP contribution in [-0.2, 0) is 25.5 Å². The Morgan fingerprint density at radius 1 is 0.600 bits per heavy atom. The molecule has 4 aromatic heterocycles. The van der Waals surface area contributed by atoms with Crippen LogP contribution in [0.15, 0.2) is 187 Å². The molecule has 0 aliphatic heterocycles. The molecule has 0 aliphatic rings. The van der Waals surface area contributed by atoms with E-state index in [9.17, 15) is 0 Å². The fourth-order valence-electron chi connectivity index (χ4n) is 8.44. The molecule has 0 spiro atoms. The van der Waals surface area contributed by atoms with E-state index in [1.807, 2.05) is 67.0 Å². The Bertz CT molecular complexity index is 3380. The Balaban J connectivity index is 0.000000266. The Morgan fingerprint density at radius 3 is 1.88 bits per heavy atom. The summed E-state index contributed by atoms with van der Waals surface area (Å²) in [5, 5.41) is 4.19. The first-order valence-electron chi connectivity index (χ1n) is 21.8. The third-order valence-electron chi connectivity index (χ3n) is 11.9. The first kappa shape index (κ1) is 43.8. The number of pyridine rings is 2. The van der Waals surface area contributed by atoms with Crippen molar-refractivity contribution in [3.63, 3.8) is 0 Å². The van der Waals surface area contributed by atoms with Gasteiger partial charge in [-0.25, -0.2) is 4.98 Å². The van der Waals surface area contributed by atoms with Crippen molar-refractivity contribution in [2.24, 2.45) is 0 Å². The van der Waals surface area contributed by atoms with Crippen molar-refractivity contribution < 1.29 is 24.5 Å². The largest absolute Gasteiger partial charge is 0 e. The fourth-order valence-corrected chi connectivity index (χ4v) is 10.6. The minimum Gasteiger partial charge on any atom is 0 e. The molecule has 11 aromatic rings. The zero-order valence-corrected chi connectivity index (χ0v) is 41.8. The van der Waals surface area contributed by atoms with Gasteiger partial charge in [0.2, 0.25) is 0 Å². The molecule has 5 nitrogen and oxygen atoms in total. The Labute approximate surface area is 397 Å². The molecule has 7 heteroatoms. The number of fused-ring (bicyclic) bond motifs is 6. The zero-order chi connectivity index (χ0) is 44.0. The molecule has 321 valence electrons. The molecule has 7 aromatic carbocycles. The van der Waals surface area contributed by atoms with Crippen LogP contribution in [0.3, 0.4) is 0 Å². The van der Waals surface area contributed by atoms with Crippen molar-refractivity contribution in [3.8, 4) is 50.6 Å². The number of aromatic nitrogens is 4.